The Labute approximate surface area is 168 Å². The van der Waals surface area contributed by atoms with E-state index in [1.54, 1.807) is 5.57 Å². The lowest BCUT2D eigenvalue weighted by Gasteiger charge is -2.27. The number of ether oxygens (including phenoxy) is 1. The molecule has 2 unspecified atom stereocenters. The van der Waals surface area contributed by atoms with Gasteiger partial charge in [0, 0.05) is 0 Å². The van der Waals surface area contributed by atoms with Crippen molar-refractivity contribution in [1.82, 2.24) is 0 Å². The summed E-state index contributed by atoms with van der Waals surface area (Å²) in [6, 6.07) is 10.2. The number of para-hydroxylation sites is 1. The van der Waals surface area contributed by atoms with Crippen molar-refractivity contribution in [3.8, 4) is 5.75 Å². The van der Waals surface area contributed by atoms with Crippen molar-refractivity contribution in [3.63, 3.8) is 0 Å². The first-order valence-corrected chi connectivity index (χ1v) is 11.7. The smallest absolute Gasteiger partial charge is 0.119 e. The molecule has 1 aromatic rings. The van der Waals surface area contributed by atoms with Crippen LogP contribution < -0.4 is 4.74 Å². The molecule has 1 aliphatic rings. The van der Waals surface area contributed by atoms with Gasteiger partial charge in [-0.1, -0.05) is 88.6 Å². The lowest BCUT2D eigenvalue weighted by atomic mass is 9.79. The van der Waals surface area contributed by atoms with Gasteiger partial charge >= 0.3 is 0 Å². The third kappa shape index (κ3) is 9.00. The molecule has 0 saturated carbocycles. The van der Waals surface area contributed by atoms with E-state index in [9.17, 15) is 0 Å². The van der Waals surface area contributed by atoms with Crippen molar-refractivity contribution >= 4 is 0 Å². The Morgan fingerprint density at radius 1 is 0.926 bits per heavy atom. The fraction of sp³-hybridized carbons (Fsp3) is 0.692. The maximum absolute atomic E-state index is 5.91. The van der Waals surface area contributed by atoms with E-state index >= 15 is 0 Å². The molecule has 0 radical (unpaired) electrons. The van der Waals surface area contributed by atoms with Gasteiger partial charge in [-0.3, -0.25) is 0 Å². The van der Waals surface area contributed by atoms with Crippen molar-refractivity contribution in [2.45, 2.75) is 97.3 Å². The average Bonchev–Trinajstić information content (AvgIpc) is 2.72. The first kappa shape index (κ1) is 22.1. The van der Waals surface area contributed by atoms with Gasteiger partial charge in [0.25, 0.3) is 0 Å². The number of hydrogen-bond acceptors (Lipinski definition) is 1. The standard InChI is InChI=1S/C26H42O/c1-3-5-7-9-13-23-18-20-25(21-19-23)24(14-6-4-2)15-12-22-27-26-16-10-8-11-17-26/h8,10-11,16-17,20,23-24H,3-7,9,12-15,18-19,21-22H2,1-2H3. The van der Waals surface area contributed by atoms with E-state index in [1.165, 1.54) is 83.5 Å². The van der Waals surface area contributed by atoms with Crippen LogP contribution in [-0.2, 0) is 0 Å². The first-order chi connectivity index (χ1) is 13.3. The lowest BCUT2D eigenvalue weighted by molar-refractivity contribution is 0.291. The Balaban J connectivity index is 1.73. The summed E-state index contributed by atoms with van der Waals surface area (Å²) in [5.41, 5.74) is 1.77. The quantitative estimate of drug-likeness (QED) is 0.236. The van der Waals surface area contributed by atoms with E-state index in [-0.39, 0.29) is 0 Å². The van der Waals surface area contributed by atoms with E-state index in [4.69, 9.17) is 4.74 Å². The normalized spacial score (nSPS) is 18.1. The summed E-state index contributed by atoms with van der Waals surface area (Å²) in [5, 5.41) is 0. The fourth-order valence-corrected chi connectivity index (χ4v) is 4.40. The van der Waals surface area contributed by atoms with Gasteiger partial charge in [-0.2, -0.15) is 0 Å². The van der Waals surface area contributed by atoms with Gasteiger partial charge in [0.15, 0.2) is 0 Å². The minimum absolute atomic E-state index is 0.797. The van der Waals surface area contributed by atoms with Gasteiger partial charge in [-0.05, 0) is 62.5 Å². The third-order valence-electron chi connectivity index (χ3n) is 6.16. The summed E-state index contributed by atoms with van der Waals surface area (Å²) in [6.45, 7) is 5.47. The molecule has 0 fully saturated rings. The van der Waals surface area contributed by atoms with E-state index in [0.29, 0.717) is 0 Å². The molecule has 27 heavy (non-hydrogen) atoms. The summed E-state index contributed by atoms with van der Waals surface area (Å²) in [7, 11) is 0. The summed E-state index contributed by atoms with van der Waals surface area (Å²) in [6.07, 6.45) is 20.3. The summed E-state index contributed by atoms with van der Waals surface area (Å²) in [4.78, 5) is 0. The number of rotatable bonds is 14. The number of hydrogen-bond donors (Lipinski definition) is 0. The molecule has 0 amide bonds. The molecule has 2 atom stereocenters. The Kier molecular flexibility index (Phi) is 11.3. The molecule has 1 aliphatic carbocycles. The van der Waals surface area contributed by atoms with Gasteiger partial charge in [0.2, 0.25) is 0 Å². The van der Waals surface area contributed by atoms with E-state index in [0.717, 1.165) is 24.2 Å². The highest BCUT2D eigenvalue weighted by atomic mass is 16.5. The molecule has 0 spiro atoms. The minimum Gasteiger partial charge on any atom is -0.494 e. The highest BCUT2D eigenvalue weighted by Crippen LogP contribution is 2.35. The van der Waals surface area contributed by atoms with Gasteiger partial charge < -0.3 is 4.74 Å². The third-order valence-corrected chi connectivity index (χ3v) is 6.16. The van der Waals surface area contributed by atoms with Crippen LogP contribution >= 0.6 is 0 Å². The molecular formula is C26H42O. The average molecular weight is 371 g/mol. The Bertz CT molecular complexity index is 504. The monoisotopic (exact) mass is 370 g/mol. The zero-order valence-corrected chi connectivity index (χ0v) is 17.9. The highest BCUT2D eigenvalue weighted by molar-refractivity contribution is 5.20. The van der Waals surface area contributed by atoms with Crippen LogP contribution in [0.4, 0.5) is 0 Å². The largest absolute Gasteiger partial charge is 0.494 e. The summed E-state index contributed by atoms with van der Waals surface area (Å²) < 4.78 is 5.91. The Morgan fingerprint density at radius 2 is 1.70 bits per heavy atom. The molecule has 0 aliphatic heterocycles. The lowest BCUT2D eigenvalue weighted by Crippen LogP contribution is -2.13. The molecule has 0 N–H and O–H groups in total. The van der Waals surface area contributed by atoms with Gasteiger partial charge in [-0.15, -0.1) is 0 Å². The van der Waals surface area contributed by atoms with E-state index in [1.807, 2.05) is 18.2 Å². The van der Waals surface area contributed by atoms with Crippen LogP contribution in [0.5, 0.6) is 5.75 Å². The molecular weight excluding hydrogens is 328 g/mol. The highest BCUT2D eigenvalue weighted by Gasteiger charge is 2.20. The molecule has 0 saturated heterocycles. The Morgan fingerprint density at radius 3 is 2.41 bits per heavy atom. The predicted octanol–water partition coefficient (Wildman–Crippen LogP) is 8.35. The second-order valence-electron chi connectivity index (χ2n) is 8.41. The molecule has 0 aromatic heterocycles. The van der Waals surface area contributed by atoms with Gasteiger partial charge in [-0.25, -0.2) is 0 Å². The van der Waals surface area contributed by atoms with Crippen LogP contribution in [0.25, 0.3) is 0 Å². The molecule has 2 rings (SSSR count). The van der Waals surface area contributed by atoms with Crippen LogP contribution in [0.1, 0.15) is 97.3 Å². The molecule has 0 heterocycles. The zero-order valence-electron chi connectivity index (χ0n) is 17.9. The van der Waals surface area contributed by atoms with Crippen molar-refractivity contribution in [2.75, 3.05) is 6.61 Å². The van der Waals surface area contributed by atoms with E-state index in [2.05, 4.69) is 32.1 Å². The Hall–Kier alpha value is -1.24. The van der Waals surface area contributed by atoms with Crippen LogP contribution in [-0.4, -0.2) is 6.61 Å². The summed E-state index contributed by atoms with van der Waals surface area (Å²) >= 11 is 0. The van der Waals surface area contributed by atoms with Gasteiger partial charge in [0.05, 0.1) is 6.61 Å². The molecule has 0 bridgehead atoms. The fourth-order valence-electron chi connectivity index (χ4n) is 4.40. The van der Waals surface area contributed by atoms with Crippen LogP contribution in [0, 0.1) is 11.8 Å². The summed E-state index contributed by atoms with van der Waals surface area (Å²) in [5.74, 6) is 2.76. The number of allylic oxidation sites excluding steroid dienone is 2. The minimum atomic E-state index is 0.797. The van der Waals surface area contributed by atoms with Crippen molar-refractivity contribution in [1.29, 1.82) is 0 Å². The van der Waals surface area contributed by atoms with Crippen molar-refractivity contribution < 1.29 is 4.74 Å². The van der Waals surface area contributed by atoms with E-state index < -0.39 is 0 Å². The number of unbranched alkanes of at least 4 members (excludes halogenated alkanes) is 4. The SMILES string of the molecule is CCCCCCC1CC=C(C(CCCC)CCCOc2ccccc2)CC1. The molecule has 1 heteroatoms. The van der Waals surface area contributed by atoms with Crippen LogP contribution in [0.15, 0.2) is 42.0 Å². The van der Waals surface area contributed by atoms with Crippen LogP contribution in [0.3, 0.4) is 0 Å². The maximum atomic E-state index is 5.91. The van der Waals surface area contributed by atoms with Crippen molar-refractivity contribution in [2.24, 2.45) is 11.8 Å². The number of benzene rings is 1. The topological polar surface area (TPSA) is 9.23 Å². The predicted molar refractivity (Wildman–Crippen MR) is 118 cm³/mol. The van der Waals surface area contributed by atoms with Crippen LogP contribution in [0.2, 0.25) is 0 Å². The molecule has 1 aromatic carbocycles. The maximum Gasteiger partial charge on any atom is 0.119 e. The molecule has 1 nitrogen and oxygen atoms in total. The first-order valence-electron chi connectivity index (χ1n) is 11.7. The van der Waals surface area contributed by atoms with Gasteiger partial charge in [0.1, 0.15) is 5.75 Å². The van der Waals surface area contributed by atoms with Crippen molar-refractivity contribution in [3.05, 3.63) is 42.0 Å². The zero-order chi connectivity index (χ0) is 19.2. The second kappa shape index (κ2) is 13.9. The molecule has 152 valence electrons. The second-order valence-corrected chi connectivity index (χ2v) is 8.41.